The maximum Gasteiger partial charge on any atom is 0.235 e. The third kappa shape index (κ3) is 4.64. The maximum absolute atomic E-state index is 12.4. The molecule has 3 aromatic rings. The lowest BCUT2D eigenvalue weighted by Gasteiger charge is -2.05. The van der Waals surface area contributed by atoms with Crippen molar-refractivity contribution in [3.8, 4) is 0 Å². The second kappa shape index (κ2) is 7.76. The number of amides is 1. The van der Waals surface area contributed by atoms with Gasteiger partial charge >= 0.3 is 0 Å². The quantitative estimate of drug-likeness (QED) is 0.645. The average Bonchev–Trinajstić information content (AvgIpc) is 3.04. The van der Waals surface area contributed by atoms with E-state index < -0.39 is 21.5 Å². The second-order valence-corrected chi connectivity index (χ2v) is 8.84. The standard InChI is InChI=1S/C18H18N2O3S2/c21-17(19-12-6-9-14-7-2-1-3-8-14)13-25(22,23)18-20-15-10-4-5-11-16(15)24-18/h1-5,7-8,10-11H,6,9,12-13H2,(H,19,21). The van der Waals surface area contributed by atoms with E-state index >= 15 is 0 Å². The number of carbonyl (C=O) groups excluding carboxylic acids is 1. The van der Waals surface area contributed by atoms with Crippen LogP contribution in [0, 0.1) is 0 Å². The predicted molar refractivity (Wildman–Crippen MR) is 99.4 cm³/mol. The van der Waals surface area contributed by atoms with Gasteiger partial charge in [0.25, 0.3) is 0 Å². The zero-order chi connectivity index (χ0) is 17.7. The van der Waals surface area contributed by atoms with Gasteiger partial charge in [-0.05, 0) is 30.5 Å². The van der Waals surface area contributed by atoms with E-state index in [1.165, 1.54) is 5.56 Å². The van der Waals surface area contributed by atoms with Crippen LogP contribution in [0.1, 0.15) is 12.0 Å². The van der Waals surface area contributed by atoms with Crippen LogP contribution in [0.3, 0.4) is 0 Å². The van der Waals surface area contributed by atoms with Crippen LogP contribution in [-0.4, -0.2) is 31.6 Å². The minimum absolute atomic E-state index is 0.00636. The highest BCUT2D eigenvalue weighted by atomic mass is 32.2. The van der Waals surface area contributed by atoms with Crippen molar-refractivity contribution < 1.29 is 13.2 Å². The third-order valence-corrected chi connectivity index (χ3v) is 6.78. The molecule has 25 heavy (non-hydrogen) atoms. The van der Waals surface area contributed by atoms with E-state index in [-0.39, 0.29) is 4.34 Å². The average molecular weight is 374 g/mol. The molecule has 0 fully saturated rings. The summed E-state index contributed by atoms with van der Waals surface area (Å²) in [4.78, 5) is 16.1. The zero-order valence-electron chi connectivity index (χ0n) is 13.5. The van der Waals surface area contributed by atoms with Crippen LogP contribution in [0.25, 0.3) is 10.2 Å². The molecule has 0 saturated carbocycles. The molecule has 0 bridgehead atoms. The Hall–Kier alpha value is -2.25. The first-order chi connectivity index (χ1) is 12.0. The van der Waals surface area contributed by atoms with E-state index in [9.17, 15) is 13.2 Å². The van der Waals surface area contributed by atoms with Crippen molar-refractivity contribution in [2.45, 2.75) is 17.2 Å². The van der Waals surface area contributed by atoms with E-state index in [0.717, 1.165) is 28.9 Å². The van der Waals surface area contributed by atoms with Gasteiger partial charge in [0.05, 0.1) is 10.2 Å². The molecule has 0 aliphatic heterocycles. The van der Waals surface area contributed by atoms with Crippen LogP contribution in [0.15, 0.2) is 58.9 Å². The van der Waals surface area contributed by atoms with Gasteiger partial charge in [-0.3, -0.25) is 4.79 Å². The first kappa shape index (κ1) is 17.6. The molecule has 0 saturated heterocycles. The molecule has 0 unspecified atom stereocenters. The van der Waals surface area contributed by atoms with Crippen molar-refractivity contribution in [2.24, 2.45) is 0 Å². The van der Waals surface area contributed by atoms with Crippen LogP contribution in [0.4, 0.5) is 0 Å². The molecule has 5 nitrogen and oxygen atoms in total. The van der Waals surface area contributed by atoms with Gasteiger partial charge in [0, 0.05) is 6.54 Å². The van der Waals surface area contributed by atoms with E-state index in [0.29, 0.717) is 12.1 Å². The Morgan fingerprint density at radius 1 is 1.04 bits per heavy atom. The minimum atomic E-state index is -3.72. The number of aryl methyl sites for hydroxylation is 1. The summed E-state index contributed by atoms with van der Waals surface area (Å²) in [6.45, 7) is 0.448. The van der Waals surface area contributed by atoms with Crippen molar-refractivity contribution in [1.29, 1.82) is 0 Å². The molecule has 1 N–H and O–H groups in total. The van der Waals surface area contributed by atoms with Crippen molar-refractivity contribution in [2.75, 3.05) is 12.3 Å². The highest BCUT2D eigenvalue weighted by molar-refractivity contribution is 7.94. The van der Waals surface area contributed by atoms with Gasteiger partial charge in [-0.15, -0.1) is 11.3 Å². The van der Waals surface area contributed by atoms with Crippen LogP contribution in [0.5, 0.6) is 0 Å². The molecule has 0 atom stereocenters. The number of benzene rings is 2. The molecule has 1 heterocycles. The third-order valence-electron chi connectivity index (χ3n) is 3.67. The Balaban J connectivity index is 1.52. The molecule has 0 aliphatic rings. The number of para-hydroxylation sites is 1. The summed E-state index contributed by atoms with van der Waals surface area (Å²) in [5.41, 5.74) is 1.83. The summed E-state index contributed by atoms with van der Waals surface area (Å²) in [6, 6.07) is 17.2. The first-order valence-electron chi connectivity index (χ1n) is 7.93. The number of carbonyl (C=O) groups is 1. The summed E-state index contributed by atoms with van der Waals surface area (Å²) in [5, 5.41) is 2.67. The largest absolute Gasteiger partial charge is 0.355 e. The van der Waals surface area contributed by atoms with Crippen molar-refractivity contribution >= 4 is 37.3 Å². The van der Waals surface area contributed by atoms with E-state index in [2.05, 4.69) is 10.3 Å². The van der Waals surface area contributed by atoms with Crippen molar-refractivity contribution in [3.63, 3.8) is 0 Å². The lowest BCUT2D eigenvalue weighted by atomic mass is 10.1. The van der Waals surface area contributed by atoms with Crippen LogP contribution in [0.2, 0.25) is 0 Å². The maximum atomic E-state index is 12.4. The predicted octanol–water partition coefficient (Wildman–Crippen LogP) is 2.82. The number of rotatable bonds is 7. The molecule has 0 aliphatic carbocycles. The molecule has 0 radical (unpaired) electrons. The Kier molecular flexibility index (Phi) is 5.45. The molecule has 1 aromatic heterocycles. The van der Waals surface area contributed by atoms with Gasteiger partial charge in [0.2, 0.25) is 20.1 Å². The van der Waals surface area contributed by atoms with Crippen LogP contribution >= 0.6 is 11.3 Å². The number of fused-ring (bicyclic) bond motifs is 1. The summed E-state index contributed by atoms with van der Waals surface area (Å²) in [6.07, 6.45) is 1.60. The molecule has 7 heteroatoms. The number of hydrogen-bond acceptors (Lipinski definition) is 5. The first-order valence-corrected chi connectivity index (χ1v) is 10.4. The van der Waals surface area contributed by atoms with Gasteiger partial charge in [0.1, 0.15) is 5.75 Å². The number of sulfone groups is 1. The summed E-state index contributed by atoms with van der Waals surface area (Å²) < 4.78 is 25.5. The fourth-order valence-electron chi connectivity index (χ4n) is 2.43. The van der Waals surface area contributed by atoms with E-state index in [1.54, 1.807) is 12.1 Å². The Labute approximate surface area is 150 Å². The normalized spacial score (nSPS) is 11.5. The Morgan fingerprint density at radius 2 is 1.76 bits per heavy atom. The monoisotopic (exact) mass is 374 g/mol. The lowest BCUT2D eigenvalue weighted by Crippen LogP contribution is -2.31. The highest BCUT2D eigenvalue weighted by Gasteiger charge is 2.23. The highest BCUT2D eigenvalue weighted by Crippen LogP contribution is 2.25. The second-order valence-electron chi connectivity index (χ2n) is 5.65. The molecule has 2 aromatic carbocycles. The summed E-state index contributed by atoms with van der Waals surface area (Å²) >= 11 is 1.09. The SMILES string of the molecule is O=C(CS(=O)(=O)c1nc2ccccc2s1)NCCCc1ccccc1. The van der Waals surface area contributed by atoms with Crippen molar-refractivity contribution in [3.05, 3.63) is 60.2 Å². The van der Waals surface area contributed by atoms with Crippen LogP contribution < -0.4 is 5.32 Å². The van der Waals surface area contributed by atoms with Gasteiger partial charge in [-0.25, -0.2) is 13.4 Å². The summed E-state index contributed by atoms with van der Waals surface area (Å²) in [5.74, 6) is -1.06. The summed E-state index contributed by atoms with van der Waals surface area (Å²) in [7, 11) is -3.72. The molecular formula is C18H18N2O3S2. The van der Waals surface area contributed by atoms with E-state index in [1.807, 2.05) is 42.5 Å². The van der Waals surface area contributed by atoms with Gasteiger partial charge in [0.15, 0.2) is 0 Å². The Morgan fingerprint density at radius 3 is 2.52 bits per heavy atom. The molecule has 130 valence electrons. The molecule has 1 amide bonds. The number of nitrogens with one attached hydrogen (secondary N) is 1. The van der Waals surface area contributed by atoms with Gasteiger partial charge in [-0.1, -0.05) is 42.5 Å². The molecule has 3 rings (SSSR count). The topological polar surface area (TPSA) is 76.1 Å². The number of aromatic nitrogens is 1. The lowest BCUT2D eigenvalue weighted by molar-refractivity contribution is -0.118. The molecule has 0 spiro atoms. The fourth-order valence-corrected chi connectivity index (χ4v) is 4.89. The number of hydrogen-bond donors (Lipinski definition) is 1. The minimum Gasteiger partial charge on any atom is -0.355 e. The van der Waals surface area contributed by atoms with Crippen LogP contribution in [-0.2, 0) is 21.1 Å². The fraction of sp³-hybridized carbons (Fsp3) is 0.222. The zero-order valence-corrected chi connectivity index (χ0v) is 15.1. The van der Waals surface area contributed by atoms with Gasteiger partial charge in [-0.2, -0.15) is 0 Å². The van der Waals surface area contributed by atoms with Crippen molar-refractivity contribution in [1.82, 2.24) is 10.3 Å². The molecular weight excluding hydrogens is 356 g/mol. The Bertz CT molecular complexity index is 933. The number of thiazole rings is 1. The van der Waals surface area contributed by atoms with Gasteiger partial charge < -0.3 is 5.32 Å². The number of nitrogens with zero attached hydrogens (tertiary/aromatic N) is 1. The van der Waals surface area contributed by atoms with E-state index in [4.69, 9.17) is 0 Å². The smallest absolute Gasteiger partial charge is 0.235 e.